The Labute approximate surface area is 164 Å². The molecule has 0 bridgehead atoms. The van der Waals surface area contributed by atoms with Gasteiger partial charge in [-0.1, -0.05) is 43.0 Å². The number of H-pyrrole nitrogens is 1. The molecule has 3 nitrogen and oxygen atoms in total. The molecule has 0 saturated heterocycles. The molecule has 1 aliphatic rings. The normalized spacial score (nSPS) is 13.8. The molecule has 2 N–H and O–H groups in total. The fourth-order valence-corrected chi connectivity index (χ4v) is 3.69. The molecule has 0 atom stereocenters. The molecule has 0 radical (unpaired) electrons. The van der Waals surface area contributed by atoms with Crippen molar-refractivity contribution in [1.29, 1.82) is 0 Å². The lowest BCUT2D eigenvalue weighted by Gasteiger charge is -2.17. The van der Waals surface area contributed by atoms with E-state index in [4.69, 9.17) is 4.74 Å². The third-order valence-corrected chi connectivity index (χ3v) is 5.09. The molecule has 4 aromatic rings. The average Bonchev–Trinajstić information content (AvgIpc) is 3.05. The minimum atomic E-state index is 0.610. The molecule has 2 heterocycles. The van der Waals surface area contributed by atoms with E-state index in [1.165, 1.54) is 10.9 Å². The van der Waals surface area contributed by atoms with Crippen molar-refractivity contribution >= 4 is 28.4 Å². The van der Waals surface area contributed by atoms with Crippen molar-refractivity contribution in [3.63, 3.8) is 0 Å². The number of hydrogen-bond acceptors (Lipinski definition) is 2. The van der Waals surface area contributed by atoms with Crippen LogP contribution in [0.3, 0.4) is 0 Å². The number of rotatable bonds is 2. The van der Waals surface area contributed by atoms with Crippen molar-refractivity contribution in [3.05, 3.63) is 96.4 Å². The highest BCUT2D eigenvalue weighted by Gasteiger charge is 2.18. The van der Waals surface area contributed by atoms with Crippen molar-refractivity contribution in [1.82, 2.24) is 4.98 Å². The van der Waals surface area contributed by atoms with Gasteiger partial charge < -0.3 is 15.0 Å². The zero-order valence-electron chi connectivity index (χ0n) is 15.6. The molecule has 3 heteroatoms. The number of aromatic amines is 1. The highest BCUT2D eigenvalue weighted by Crippen LogP contribution is 2.42. The number of fused-ring (bicyclic) bond motifs is 5. The Morgan fingerprint density at radius 2 is 1.75 bits per heavy atom. The third kappa shape index (κ3) is 2.78. The summed E-state index contributed by atoms with van der Waals surface area (Å²) in [6.45, 7) is 6.12. The highest BCUT2D eigenvalue weighted by atomic mass is 16.5. The first-order valence-corrected chi connectivity index (χ1v) is 9.32. The molecule has 5 rings (SSSR count). The fourth-order valence-electron chi connectivity index (χ4n) is 3.69. The van der Waals surface area contributed by atoms with Gasteiger partial charge >= 0.3 is 0 Å². The molecule has 1 aromatic heterocycles. The van der Waals surface area contributed by atoms with Crippen LogP contribution in [0.2, 0.25) is 0 Å². The van der Waals surface area contributed by atoms with Gasteiger partial charge in [0.2, 0.25) is 0 Å². The number of para-hydroxylation sites is 2. The second-order valence-electron chi connectivity index (χ2n) is 7.01. The molecular weight excluding hydrogens is 344 g/mol. The number of hydrogen-bond donors (Lipinski definition) is 2. The first kappa shape index (κ1) is 16.5. The van der Waals surface area contributed by atoms with Crippen molar-refractivity contribution in [3.8, 4) is 16.9 Å². The van der Waals surface area contributed by atoms with Crippen molar-refractivity contribution in [2.45, 2.75) is 6.92 Å². The monoisotopic (exact) mass is 364 g/mol. The maximum atomic E-state index is 6.09. The molecule has 0 aliphatic carbocycles. The van der Waals surface area contributed by atoms with Crippen LogP contribution in [0.4, 0.5) is 11.4 Å². The van der Waals surface area contributed by atoms with E-state index in [9.17, 15) is 0 Å². The standard InChI is InChI=1S/C25H20N2O/c1-16-7-3-5-9-21(16)26-18-12-13-20-24(15-18)28-17(2)11-14-23-25(20)19-8-4-6-10-22(19)27-23/h3-15,26-27H,2H2,1H3/b14-11-. The van der Waals surface area contributed by atoms with E-state index >= 15 is 0 Å². The Balaban J connectivity index is 1.66. The Hall–Kier alpha value is -3.72. The summed E-state index contributed by atoms with van der Waals surface area (Å²) in [6, 6.07) is 22.8. The van der Waals surface area contributed by atoms with Crippen LogP contribution in [0, 0.1) is 6.92 Å². The van der Waals surface area contributed by atoms with Crippen LogP contribution in [0.5, 0.6) is 5.75 Å². The number of aryl methyl sites for hydroxylation is 1. The largest absolute Gasteiger partial charge is 0.457 e. The topological polar surface area (TPSA) is 37.0 Å². The predicted molar refractivity (Wildman–Crippen MR) is 117 cm³/mol. The lowest BCUT2D eigenvalue weighted by Crippen LogP contribution is -1.99. The molecule has 0 amide bonds. The summed E-state index contributed by atoms with van der Waals surface area (Å²) in [5.41, 5.74) is 7.63. The van der Waals surface area contributed by atoms with Gasteiger partial charge in [0.15, 0.2) is 0 Å². The molecule has 0 spiro atoms. The van der Waals surface area contributed by atoms with E-state index in [0.717, 1.165) is 39.5 Å². The summed E-state index contributed by atoms with van der Waals surface area (Å²) in [4.78, 5) is 3.51. The molecule has 0 saturated carbocycles. The van der Waals surface area contributed by atoms with E-state index in [1.54, 1.807) is 0 Å². The molecule has 0 unspecified atom stereocenters. The summed E-state index contributed by atoms with van der Waals surface area (Å²) < 4.78 is 6.09. The van der Waals surface area contributed by atoms with Crippen LogP contribution in [-0.4, -0.2) is 4.98 Å². The minimum absolute atomic E-state index is 0.610. The van der Waals surface area contributed by atoms with Crippen LogP contribution in [-0.2, 0) is 0 Å². The average molecular weight is 364 g/mol. The van der Waals surface area contributed by atoms with Crippen molar-refractivity contribution in [2.24, 2.45) is 0 Å². The van der Waals surface area contributed by atoms with Crippen molar-refractivity contribution < 1.29 is 4.74 Å². The summed E-state index contributed by atoms with van der Waals surface area (Å²) >= 11 is 0. The van der Waals surface area contributed by atoms with Gasteiger partial charge in [-0.3, -0.25) is 0 Å². The van der Waals surface area contributed by atoms with Crippen LogP contribution in [0.25, 0.3) is 28.1 Å². The van der Waals surface area contributed by atoms with E-state index in [2.05, 4.69) is 66.3 Å². The van der Waals surface area contributed by atoms with Gasteiger partial charge in [0.05, 0.1) is 0 Å². The Morgan fingerprint density at radius 3 is 2.64 bits per heavy atom. The SMILES string of the molecule is C=C1/C=C\c2[nH]c3ccccc3c2-c2ccc(Nc3ccccc3C)cc2O1. The quantitative estimate of drug-likeness (QED) is 0.410. The highest BCUT2D eigenvalue weighted by molar-refractivity contribution is 6.02. The maximum absolute atomic E-state index is 6.09. The number of benzene rings is 3. The zero-order valence-corrected chi connectivity index (χ0v) is 15.6. The van der Waals surface area contributed by atoms with Gasteiger partial charge in [0.25, 0.3) is 0 Å². The molecule has 1 aliphatic heterocycles. The second-order valence-corrected chi connectivity index (χ2v) is 7.01. The number of aromatic nitrogens is 1. The first-order chi connectivity index (χ1) is 13.7. The Kier molecular flexibility index (Phi) is 3.80. The number of ether oxygens (including phenoxy) is 1. The van der Waals surface area contributed by atoms with Crippen LogP contribution in [0.1, 0.15) is 11.3 Å². The van der Waals surface area contributed by atoms with E-state index in [-0.39, 0.29) is 0 Å². The number of allylic oxidation sites excluding steroid dienone is 1. The molecular formula is C25H20N2O. The lowest BCUT2D eigenvalue weighted by atomic mass is 9.99. The summed E-state index contributed by atoms with van der Waals surface area (Å²) in [5, 5.41) is 4.67. The number of anilines is 2. The summed E-state index contributed by atoms with van der Waals surface area (Å²) in [7, 11) is 0. The van der Waals surface area contributed by atoms with Crippen LogP contribution >= 0.6 is 0 Å². The maximum Gasteiger partial charge on any atom is 0.137 e. The third-order valence-electron chi connectivity index (χ3n) is 5.09. The first-order valence-electron chi connectivity index (χ1n) is 9.32. The van der Waals surface area contributed by atoms with E-state index in [0.29, 0.717) is 5.76 Å². The molecule has 0 fully saturated rings. The second kappa shape index (κ2) is 6.46. The minimum Gasteiger partial charge on any atom is -0.457 e. The Bertz CT molecular complexity index is 1250. The molecule has 3 aromatic carbocycles. The smallest absolute Gasteiger partial charge is 0.137 e. The number of nitrogens with one attached hydrogen (secondary N) is 2. The van der Waals surface area contributed by atoms with Crippen LogP contribution < -0.4 is 10.1 Å². The molecule has 28 heavy (non-hydrogen) atoms. The van der Waals surface area contributed by atoms with Crippen molar-refractivity contribution in [2.75, 3.05) is 5.32 Å². The van der Waals surface area contributed by atoms with Gasteiger partial charge in [-0.2, -0.15) is 0 Å². The van der Waals surface area contributed by atoms with E-state index in [1.807, 2.05) is 36.4 Å². The fraction of sp³-hybridized carbons (Fsp3) is 0.0400. The van der Waals surface area contributed by atoms with Crippen LogP contribution in [0.15, 0.2) is 85.1 Å². The van der Waals surface area contributed by atoms with Gasteiger partial charge in [0.1, 0.15) is 11.5 Å². The van der Waals surface area contributed by atoms with Gasteiger partial charge in [-0.25, -0.2) is 0 Å². The Morgan fingerprint density at radius 1 is 0.929 bits per heavy atom. The zero-order chi connectivity index (χ0) is 19.1. The predicted octanol–water partition coefficient (Wildman–Crippen LogP) is 6.81. The van der Waals surface area contributed by atoms with E-state index < -0.39 is 0 Å². The molecule has 136 valence electrons. The summed E-state index contributed by atoms with van der Waals surface area (Å²) in [6.07, 6.45) is 3.93. The summed E-state index contributed by atoms with van der Waals surface area (Å²) in [5.74, 6) is 1.40. The lowest BCUT2D eigenvalue weighted by molar-refractivity contribution is 0.449. The van der Waals surface area contributed by atoms with Gasteiger partial charge in [-0.05, 0) is 48.9 Å². The van der Waals surface area contributed by atoms with Gasteiger partial charge in [-0.15, -0.1) is 0 Å². The van der Waals surface area contributed by atoms with Gasteiger partial charge in [0, 0.05) is 45.2 Å².